The minimum atomic E-state index is 0. The highest BCUT2D eigenvalue weighted by Gasteiger charge is 2.19. The molecule has 0 radical (unpaired) electrons. The number of halogens is 2. The molecule has 1 heterocycles. The molecule has 0 unspecified atom stereocenters. The van der Waals surface area contributed by atoms with Crippen molar-refractivity contribution in [1.82, 2.24) is 5.32 Å². The summed E-state index contributed by atoms with van der Waals surface area (Å²) in [6.45, 7) is 5.06. The van der Waals surface area contributed by atoms with Crippen LogP contribution in [0.1, 0.15) is 18.5 Å². The summed E-state index contributed by atoms with van der Waals surface area (Å²) in [7, 11) is 0. The summed E-state index contributed by atoms with van der Waals surface area (Å²) in [5.74, 6) is 0.939. The van der Waals surface area contributed by atoms with Gasteiger partial charge in [0.05, 0.1) is 25.9 Å². The largest absolute Gasteiger partial charge is 0.494 e. The third kappa shape index (κ3) is 3.85. The number of morpholine rings is 1. The van der Waals surface area contributed by atoms with Gasteiger partial charge in [0.15, 0.2) is 0 Å². The van der Waals surface area contributed by atoms with E-state index in [1.165, 1.54) is 0 Å². The van der Waals surface area contributed by atoms with E-state index < -0.39 is 0 Å². The van der Waals surface area contributed by atoms with Crippen molar-refractivity contribution in [2.75, 3.05) is 26.4 Å². The average molecular weight is 323 g/mol. The van der Waals surface area contributed by atoms with E-state index >= 15 is 0 Å². The predicted molar refractivity (Wildman–Crippen MR) is 74.1 cm³/mol. The highest BCUT2D eigenvalue weighted by atomic mass is 79.9. The van der Waals surface area contributed by atoms with Gasteiger partial charge < -0.3 is 14.8 Å². The molecule has 5 heteroatoms. The Morgan fingerprint density at radius 1 is 1.53 bits per heavy atom. The van der Waals surface area contributed by atoms with Crippen LogP contribution in [0, 0.1) is 0 Å². The topological polar surface area (TPSA) is 30.5 Å². The van der Waals surface area contributed by atoms with Gasteiger partial charge in [-0.3, -0.25) is 0 Å². The van der Waals surface area contributed by atoms with Crippen molar-refractivity contribution in [2.45, 2.75) is 13.0 Å². The Bertz CT molecular complexity index is 356. The van der Waals surface area contributed by atoms with E-state index in [0.717, 1.165) is 28.9 Å². The number of rotatable bonds is 3. The van der Waals surface area contributed by atoms with Gasteiger partial charge in [0, 0.05) is 16.6 Å². The van der Waals surface area contributed by atoms with Crippen LogP contribution in [0.4, 0.5) is 0 Å². The second-order valence-corrected chi connectivity index (χ2v) is 4.61. The Morgan fingerprint density at radius 3 is 3.00 bits per heavy atom. The van der Waals surface area contributed by atoms with Gasteiger partial charge in [-0.05, 0) is 25.1 Å². The Balaban J connectivity index is 0.00000144. The van der Waals surface area contributed by atoms with Crippen molar-refractivity contribution in [3.8, 4) is 5.75 Å². The molecule has 1 N–H and O–H groups in total. The van der Waals surface area contributed by atoms with Crippen molar-refractivity contribution >= 4 is 28.3 Å². The molecule has 1 aliphatic rings. The normalized spacial score (nSPS) is 19.5. The zero-order valence-electron chi connectivity index (χ0n) is 9.74. The Kier molecular flexibility index (Phi) is 6.27. The van der Waals surface area contributed by atoms with Crippen LogP contribution in [0.25, 0.3) is 0 Å². The maximum atomic E-state index is 5.63. The molecule has 17 heavy (non-hydrogen) atoms. The fraction of sp³-hybridized carbons (Fsp3) is 0.500. The molecule has 1 aromatic carbocycles. The molecule has 1 aliphatic heterocycles. The van der Waals surface area contributed by atoms with Crippen LogP contribution in [0.15, 0.2) is 22.7 Å². The van der Waals surface area contributed by atoms with E-state index in [1.807, 2.05) is 19.1 Å². The second-order valence-electron chi connectivity index (χ2n) is 3.70. The average Bonchev–Trinajstić information content (AvgIpc) is 2.33. The maximum Gasteiger partial charge on any atom is 0.124 e. The number of nitrogens with one attached hydrogen (secondary N) is 1. The monoisotopic (exact) mass is 321 g/mol. The lowest BCUT2D eigenvalue weighted by Gasteiger charge is -2.26. The minimum absolute atomic E-state index is 0. The number of hydrogen-bond acceptors (Lipinski definition) is 3. The van der Waals surface area contributed by atoms with Gasteiger partial charge in [-0.1, -0.05) is 15.9 Å². The van der Waals surface area contributed by atoms with E-state index in [0.29, 0.717) is 13.2 Å². The molecule has 1 atom stereocenters. The smallest absolute Gasteiger partial charge is 0.124 e. The molecule has 0 aromatic heterocycles. The standard InChI is InChI=1S/C12H16BrNO2.ClH/c1-2-16-12-4-3-9(13)7-10(12)11-8-15-6-5-14-11;/h3-4,7,11,14H,2,5-6,8H2,1H3;1H/t11-;/m1./s1. The fourth-order valence-electron chi connectivity index (χ4n) is 1.84. The highest BCUT2D eigenvalue weighted by Crippen LogP contribution is 2.29. The van der Waals surface area contributed by atoms with E-state index in [2.05, 4.69) is 27.3 Å². The van der Waals surface area contributed by atoms with Crippen LogP contribution in [-0.4, -0.2) is 26.4 Å². The highest BCUT2D eigenvalue weighted by molar-refractivity contribution is 9.10. The van der Waals surface area contributed by atoms with Gasteiger partial charge in [0.2, 0.25) is 0 Å². The number of hydrogen-bond donors (Lipinski definition) is 1. The third-order valence-electron chi connectivity index (χ3n) is 2.57. The van der Waals surface area contributed by atoms with Crippen LogP contribution >= 0.6 is 28.3 Å². The van der Waals surface area contributed by atoms with Crippen LogP contribution in [0.5, 0.6) is 5.75 Å². The molecular weight excluding hydrogens is 305 g/mol. The summed E-state index contributed by atoms with van der Waals surface area (Å²) in [5.41, 5.74) is 1.16. The molecule has 1 aromatic rings. The van der Waals surface area contributed by atoms with Gasteiger partial charge in [0.25, 0.3) is 0 Å². The van der Waals surface area contributed by atoms with E-state index in [1.54, 1.807) is 0 Å². The molecular formula is C12H17BrClNO2. The van der Waals surface area contributed by atoms with Crippen LogP contribution in [0.3, 0.4) is 0 Å². The molecule has 0 aliphatic carbocycles. The fourth-order valence-corrected chi connectivity index (χ4v) is 2.22. The molecule has 0 spiro atoms. The lowest BCUT2D eigenvalue weighted by Crippen LogP contribution is -2.34. The van der Waals surface area contributed by atoms with Crippen molar-refractivity contribution in [2.24, 2.45) is 0 Å². The van der Waals surface area contributed by atoms with E-state index in [9.17, 15) is 0 Å². The summed E-state index contributed by atoms with van der Waals surface area (Å²) in [4.78, 5) is 0. The Labute approximate surface area is 116 Å². The second kappa shape index (κ2) is 7.21. The van der Waals surface area contributed by atoms with Crippen molar-refractivity contribution in [3.05, 3.63) is 28.2 Å². The summed E-state index contributed by atoms with van der Waals surface area (Å²) >= 11 is 3.49. The van der Waals surface area contributed by atoms with Gasteiger partial charge in [-0.15, -0.1) is 12.4 Å². The van der Waals surface area contributed by atoms with Gasteiger partial charge in [-0.25, -0.2) is 0 Å². The first-order valence-corrected chi connectivity index (χ1v) is 6.34. The Morgan fingerprint density at radius 2 is 2.35 bits per heavy atom. The molecule has 3 nitrogen and oxygen atoms in total. The first kappa shape index (κ1) is 14.8. The first-order chi connectivity index (χ1) is 7.81. The molecule has 96 valence electrons. The van der Waals surface area contributed by atoms with Crippen LogP contribution < -0.4 is 10.1 Å². The molecule has 0 amide bonds. The summed E-state index contributed by atoms with van der Waals surface area (Å²) in [5, 5.41) is 3.44. The summed E-state index contributed by atoms with van der Waals surface area (Å²) < 4.78 is 12.2. The zero-order chi connectivity index (χ0) is 11.4. The molecule has 1 fully saturated rings. The first-order valence-electron chi connectivity index (χ1n) is 5.54. The van der Waals surface area contributed by atoms with Crippen LogP contribution in [0.2, 0.25) is 0 Å². The molecule has 0 bridgehead atoms. The lowest BCUT2D eigenvalue weighted by molar-refractivity contribution is 0.0758. The number of benzene rings is 1. The maximum absolute atomic E-state index is 5.63. The quantitative estimate of drug-likeness (QED) is 0.928. The third-order valence-corrected chi connectivity index (χ3v) is 3.06. The predicted octanol–water partition coefficient (Wildman–Crippen LogP) is 2.93. The van der Waals surface area contributed by atoms with Gasteiger partial charge >= 0.3 is 0 Å². The van der Waals surface area contributed by atoms with E-state index in [-0.39, 0.29) is 18.4 Å². The lowest BCUT2D eigenvalue weighted by atomic mass is 10.1. The van der Waals surface area contributed by atoms with E-state index in [4.69, 9.17) is 9.47 Å². The van der Waals surface area contributed by atoms with Gasteiger partial charge in [-0.2, -0.15) is 0 Å². The van der Waals surface area contributed by atoms with Crippen LogP contribution in [-0.2, 0) is 4.74 Å². The molecule has 0 saturated carbocycles. The van der Waals surface area contributed by atoms with Crippen molar-refractivity contribution < 1.29 is 9.47 Å². The Hall–Kier alpha value is -0.290. The molecule has 1 saturated heterocycles. The SMILES string of the molecule is CCOc1ccc(Br)cc1[C@H]1COCCN1.Cl. The number of ether oxygens (including phenoxy) is 2. The summed E-state index contributed by atoms with van der Waals surface area (Å²) in [6, 6.07) is 6.32. The molecule has 2 rings (SSSR count). The summed E-state index contributed by atoms with van der Waals surface area (Å²) in [6.07, 6.45) is 0. The van der Waals surface area contributed by atoms with Gasteiger partial charge in [0.1, 0.15) is 5.75 Å². The van der Waals surface area contributed by atoms with Crippen molar-refractivity contribution in [3.63, 3.8) is 0 Å². The minimum Gasteiger partial charge on any atom is -0.494 e. The zero-order valence-corrected chi connectivity index (χ0v) is 12.1. The van der Waals surface area contributed by atoms with Crippen molar-refractivity contribution in [1.29, 1.82) is 0 Å².